The molecular weight excluding hydrogens is 208 g/mol. The number of fused-ring (bicyclic) bond motifs is 1. The molecule has 0 bridgehead atoms. The van der Waals surface area contributed by atoms with Crippen molar-refractivity contribution in [2.24, 2.45) is 11.3 Å². The van der Waals surface area contributed by atoms with E-state index in [-0.39, 0.29) is 0 Å². The highest BCUT2D eigenvalue weighted by Crippen LogP contribution is 2.42. The van der Waals surface area contributed by atoms with Gasteiger partial charge < -0.3 is 4.74 Å². The third-order valence-electron chi connectivity index (χ3n) is 5.14. The fourth-order valence-corrected chi connectivity index (χ4v) is 3.59. The van der Waals surface area contributed by atoms with E-state index in [0.29, 0.717) is 11.5 Å². The van der Waals surface area contributed by atoms with E-state index in [9.17, 15) is 0 Å². The van der Waals surface area contributed by atoms with Crippen molar-refractivity contribution < 1.29 is 4.74 Å². The molecule has 1 aliphatic heterocycles. The van der Waals surface area contributed by atoms with E-state index < -0.39 is 0 Å². The Balaban J connectivity index is 1.92. The molecule has 0 aromatic heterocycles. The van der Waals surface area contributed by atoms with Crippen molar-refractivity contribution in [1.29, 1.82) is 0 Å². The largest absolute Gasteiger partial charge is 0.378 e. The van der Waals surface area contributed by atoms with Gasteiger partial charge in [0.05, 0.1) is 6.10 Å². The average Bonchev–Trinajstić information content (AvgIpc) is 2.66. The number of rotatable bonds is 0. The van der Waals surface area contributed by atoms with E-state index in [4.69, 9.17) is 4.74 Å². The fourth-order valence-electron chi connectivity index (χ4n) is 3.59. The molecule has 1 aliphatic carbocycles. The van der Waals surface area contributed by atoms with Gasteiger partial charge in [-0.1, -0.05) is 58.8 Å². The Morgan fingerprint density at radius 2 is 1.59 bits per heavy atom. The van der Waals surface area contributed by atoms with Gasteiger partial charge in [-0.2, -0.15) is 0 Å². The van der Waals surface area contributed by atoms with E-state index in [0.717, 1.165) is 12.5 Å². The van der Waals surface area contributed by atoms with Crippen LogP contribution in [0, 0.1) is 11.3 Å². The van der Waals surface area contributed by atoms with Crippen molar-refractivity contribution in [2.75, 3.05) is 6.61 Å². The smallest absolute Gasteiger partial charge is 0.0629 e. The van der Waals surface area contributed by atoms with Crippen LogP contribution in [0.5, 0.6) is 0 Å². The van der Waals surface area contributed by atoms with Gasteiger partial charge in [-0.25, -0.2) is 0 Å². The Labute approximate surface area is 107 Å². The third kappa shape index (κ3) is 3.71. The predicted molar refractivity (Wildman–Crippen MR) is 73.2 cm³/mol. The molecule has 0 spiro atoms. The Morgan fingerprint density at radius 1 is 0.882 bits per heavy atom. The average molecular weight is 238 g/mol. The molecule has 3 atom stereocenters. The molecule has 1 heteroatoms. The monoisotopic (exact) mass is 238 g/mol. The molecule has 100 valence electrons. The van der Waals surface area contributed by atoms with Crippen molar-refractivity contribution in [2.45, 2.75) is 84.2 Å². The maximum atomic E-state index is 6.00. The molecule has 0 amide bonds. The summed E-state index contributed by atoms with van der Waals surface area (Å²) in [6.45, 7) is 5.93. The van der Waals surface area contributed by atoms with Gasteiger partial charge in [-0.05, 0) is 30.6 Å². The van der Waals surface area contributed by atoms with Crippen LogP contribution in [0.1, 0.15) is 78.1 Å². The summed E-state index contributed by atoms with van der Waals surface area (Å²) in [4.78, 5) is 0. The summed E-state index contributed by atoms with van der Waals surface area (Å²) in [6, 6.07) is 0. The van der Waals surface area contributed by atoms with Crippen LogP contribution >= 0.6 is 0 Å². The predicted octanol–water partition coefficient (Wildman–Crippen LogP) is 4.94. The molecule has 17 heavy (non-hydrogen) atoms. The normalized spacial score (nSPS) is 41.3. The number of hydrogen-bond acceptors (Lipinski definition) is 1. The molecule has 2 fully saturated rings. The molecule has 1 saturated carbocycles. The van der Waals surface area contributed by atoms with Crippen molar-refractivity contribution in [3.63, 3.8) is 0 Å². The molecule has 0 N–H and O–H groups in total. The SMILES string of the molecule is CC1CCCCCCCC2OCCC2(C)CC1. The van der Waals surface area contributed by atoms with Crippen LogP contribution in [0.3, 0.4) is 0 Å². The highest BCUT2D eigenvalue weighted by molar-refractivity contribution is 4.88. The zero-order valence-corrected chi connectivity index (χ0v) is 11.8. The van der Waals surface area contributed by atoms with Crippen molar-refractivity contribution in [3.05, 3.63) is 0 Å². The zero-order valence-electron chi connectivity index (χ0n) is 11.8. The van der Waals surface area contributed by atoms with Crippen LogP contribution in [-0.2, 0) is 4.74 Å². The maximum absolute atomic E-state index is 6.00. The molecule has 2 rings (SSSR count). The second kappa shape index (κ2) is 6.22. The molecule has 0 radical (unpaired) electrons. The second-order valence-corrected chi connectivity index (χ2v) is 6.75. The number of hydrogen-bond donors (Lipinski definition) is 0. The minimum Gasteiger partial charge on any atom is -0.378 e. The third-order valence-corrected chi connectivity index (χ3v) is 5.14. The molecule has 1 saturated heterocycles. The summed E-state index contributed by atoms with van der Waals surface area (Å²) in [6.07, 6.45) is 14.6. The highest BCUT2D eigenvalue weighted by atomic mass is 16.5. The zero-order chi connectivity index (χ0) is 12.1. The standard InChI is InChI=1S/C16H30O/c1-14-8-6-4-3-5-7-9-15-16(2,11-10-14)12-13-17-15/h14-15H,3-13H2,1-2H3. The van der Waals surface area contributed by atoms with Crippen LogP contribution in [0.15, 0.2) is 0 Å². The lowest BCUT2D eigenvalue weighted by Crippen LogP contribution is -2.28. The quantitative estimate of drug-likeness (QED) is 0.580. The van der Waals surface area contributed by atoms with Crippen LogP contribution in [0.4, 0.5) is 0 Å². The summed E-state index contributed by atoms with van der Waals surface area (Å²) < 4.78 is 6.00. The van der Waals surface area contributed by atoms with Gasteiger partial charge in [-0.15, -0.1) is 0 Å². The minimum absolute atomic E-state index is 0.494. The first-order valence-corrected chi connectivity index (χ1v) is 7.82. The van der Waals surface area contributed by atoms with Crippen molar-refractivity contribution in [3.8, 4) is 0 Å². The van der Waals surface area contributed by atoms with E-state index in [1.165, 1.54) is 64.2 Å². The van der Waals surface area contributed by atoms with Gasteiger partial charge in [-0.3, -0.25) is 0 Å². The summed E-state index contributed by atoms with van der Waals surface area (Å²) in [7, 11) is 0. The van der Waals surface area contributed by atoms with Gasteiger partial charge in [0.1, 0.15) is 0 Å². The lowest BCUT2D eigenvalue weighted by molar-refractivity contribution is 0.0404. The fraction of sp³-hybridized carbons (Fsp3) is 1.00. The van der Waals surface area contributed by atoms with Crippen molar-refractivity contribution in [1.82, 2.24) is 0 Å². The van der Waals surface area contributed by atoms with Crippen LogP contribution in [0.25, 0.3) is 0 Å². The molecular formula is C16H30O. The molecule has 3 unspecified atom stereocenters. The Morgan fingerprint density at radius 3 is 2.41 bits per heavy atom. The Kier molecular flexibility index (Phi) is 4.90. The Hall–Kier alpha value is -0.0400. The summed E-state index contributed by atoms with van der Waals surface area (Å²) in [5, 5.41) is 0. The van der Waals surface area contributed by atoms with E-state index in [2.05, 4.69) is 13.8 Å². The number of ether oxygens (including phenoxy) is 1. The van der Waals surface area contributed by atoms with Gasteiger partial charge in [0.15, 0.2) is 0 Å². The Bertz CT molecular complexity index is 226. The van der Waals surface area contributed by atoms with E-state index in [1.807, 2.05) is 0 Å². The topological polar surface area (TPSA) is 9.23 Å². The summed E-state index contributed by atoms with van der Waals surface area (Å²) in [5.74, 6) is 0.924. The highest BCUT2D eigenvalue weighted by Gasteiger charge is 2.39. The lowest BCUT2D eigenvalue weighted by Gasteiger charge is -2.31. The lowest BCUT2D eigenvalue weighted by atomic mass is 9.75. The van der Waals surface area contributed by atoms with E-state index in [1.54, 1.807) is 0 Å². The maximum Gasteiger partial charge on any atom is 0.0629 e. The van der Waals surface area contributed by atoms with Gasteiger partial charge in [0, 0.05) is 6.61 Å². The van der Waals surface area contributed by atoms with Gasteiger partial charge >= 0.3 is 0 Å². The first-order valence-electron chi connectivity index (χ1n) is 7.82. The van der Waals surface area contributed by atoms with Crippen LogP contribution < -0.4 is 0 Å². The van der Waals surface area contributed by atoms with Gasteiger partial charge in [0.25, 0.3) is 0 Å². The molecule has 1 heterocycles. The van der Waals surface area contributed by atoms with Crippen LogP contribution in [0.2, 0.25) is 0 Å². The first kappa shape index (κ1) is 13.4. The summed E-state index contributed by atoms with van der Waals surface area (Å²) in [5.41, 5.74) is 0.494. The summed E-state index contributed by atoms with van der Waals surface area (Å²) >= 11 is 0. The first-order chi connectivity index (χ1) is 8.21. The molecule has 0 aromatic rings. The molecule has 0 aromatic carbocycles. The van der Waals surface area contributed by atoms with Crippen LogP contribution in [-0.4, -0.2) is 12.7 Å². The van der Waals surface area contributed by atoms with Crippen molar-refractivity contribution >= 4 is 0 Å². The second-order valence-electron chi connectivity index (χ2n) is 6.75. The molecule has 1 nitrogen and oxygen atoms in total. The minimum atomic E-state index is 0.494. The van der Waals surface area contributed by atoms with Gasteiger partial charge in [0.2, 0.25) is 0 Å². The molecule has 2 aliphatic rings. The van der Waals surface area contributed by atoms with E-state index >= 15 is 0 Å².